The van der Waals surface area contributed by atoms with E-state index in [-0.39, 0.29) is 17.9 Å². The molecule has 0 aliphatic carbocycles. The van der Waals surface area contributed by atoms with Crippen molar-refractivity contribution in [2.45, 2.75) is 24.3 Å². The van der Waals surface area contributed by atoms with E-state index in [1.165, 1.54) is 24.3 Å². The third-order valence-corrected chi connectivity index (χ3v) is 5.01. The van der Waals surface area contributed by atoms with Crippen molar-refractivity contribution in [3.8, 4) is 0 Å². The van der Waals surface area contributed by atoms with Gasteiger partial charge in [0, 0.05) is 5.02 Å². The van der Waals surface area contributed by atoms with Crippen LogP contribution in [0.1, 0.15) is 12.5 Å². The molecule has 5 nitrogen and oxygen atoms in total. The average molecular weight is 368 g/mol. The molecule has 1 atom stereocenters. The van der Waals surface area contributed by atoms with Crippen molar-refractivity contribution < 1.29 is 17.9 Å². The first-order valence-corrected chi connectivity index (χ1v) is 9.27. The van der Waals surface area contributed by atoms with E-state index >= 15 is 0 Å². The molecule has 0 spiro atoms. The van der Waals surface area contributed by atoms with Gasteiger partial charge in [0.2, 0.25) is 10.0 Å². The highest BCUT2D eigenvalue weighted by molar-refractivity contribution is 7.89. The zero-order valence-corrected chi connectivity index (χ0v) is 14.7. The monoisotopic (exact) mass is 367 g/mol. The Kier molecular flexibility index (Phi) is 6.36. The van der Waals surface area contributed by atoms with Crippen LogP contribution in [0.25, 0.3) is 0 Å². The molecule has 0 aliphatic rings. The van der Waals surface area contributed by atoms with Crippen molar-refractivity contribution >= 4 is 27.6 Å². The Morgan fingerprint density at radius 1 is 1.12 bits per heavy atom. The summed E-state index contributed by atoms with van der Waals surface area (Å²) in [5, 5.41) is 0.431. The number of halogens is 1. The molecule has 2 rings (SSSR count). The summed E-state index contributed by atoms with van der Waals surface area (Å²) in [4.78, 5) is 12.2. The first-order valence-electron chi connectivity index (χ1n) is 7.41. The molecule has 24 heavy (non-hydrogen) atoms. The highest BCUT2D eigenvalue weighted by Gasteiger charge is 2.27. The maximum atomic E-state index is 12.5. The number of benzene rings is 2. The SMILES string of the molecule is CCOC(=O)C(Cc1ccccc1)NS(=O)(=O)c1ccc(Cl)cc1. The minimum absolute atomic E-state index is 0.0364. The standard InChI is InChI=1S/C17H18ClNO4S/c1-2-23-17(20)16(12-13-6-4-3-5-7-13)19-24(21,22)15-10-8-14(18)9-11-15/h3-11,16,19H,2,12H2,1H3. The molecule has 128 valence electrons. The second kappa shape index (κ2) is 8.28. The van der Waals surface area contributed by atoms with E-state index in [1.54, 1.807) is 6.92 Å². The third-order valence-electron chi connectivity index (χ3n) is 3.28. The molecule has 7 heteroatoms. The van der Waals surface area contributed by atoms with Gasteiger partial charge in [0.05, 0.1) is 11.5 Å². The first kappa shape index (κ1) is 18.4. The number of carbonyl (C=O) groups excluding carboxylic acids is 1. The van der Waals surface area contributed by atoms with Gasteiger partial charge in [0.25, 0.3) is 0 Å². The minimum Gasteiger partial charge on any atom is -0.465 e. The Morgan fingerprint density at radius 3 is 2.33 bits per heavy atom. The number of hydrogen-bond donors (Lipinski definition) is 1. The van der Waals surface area contributed by atoms with Gasteiger partial charge in [0.15, 0.2) is 0 Å². The minimum atomic E-state index is -3.87. The van der Waals surface area contributed by atoms with Gasteiger partial charge < -0.3 is 4.74 Å². The quantitative estimate of drug-likeness (QED) is 0.764. The number of esters is 1. The Hall–Kier alpha value is -1.89. The average Bonchev–Trinajstić information content (AvgIpc) is 2.55. The molecule has 2 aromatic carbocycles. The lowest BCUT2D eigenvalue weighted by atomic mass is 10.1. The molecule has 0 aliphatic heterocycles. The van der Waals surface area contributed by atoms with Crippen LogP contribution in [0.2, 0.25) is 5.02 Å². The van der Waals surface area contributed by atoms with Crippen LogP contribution in [0.4, 0.5) is 0 Å². The Labute approximate surface area is 146 Å². The molecule has 0 aromatic heterocycles. The van der Waals surface area contributed by atoms with Crippen LogP contribution in [0.15, 0.2) is 59.5 Å². The zero-order valence-electron chi connectivity index (χ0n) is 13.1. The molecular weight excluding hydrogens is 350 g/mol. The van der Waals surface area contributed by atoms with Crippen LogP contribution >= 0.6 is 11.6 Å². The molecule has 0 amide bonds. The van der Waals surface area contributed by atoms with E-state index in [0.717, 1.165) is 5.56 Å². The van der Waals surface area contributed by atoms with Gasteiger partial charge in [-0.1, -0.05) is 41.9 Å². The summed E-state index contributed by atoms with van der Waals surface area (Å²) >= 11 is 5.78. The fraction of sp³-hybridized carbons (Fsp3) is 0.235. The molecule has 0 saturated carbocycles. The van der Waals surface area contributed by atoms with E-state index in [4.69, 9.17) is 16.3 Å². The molecule has 0 bridgehead atoms. The molecule has 2 aromatic rings. The van der Waals surface area contributed by atoms with Crippen LogP contribution < -0.4 is 4.72 Å². The van der Waals surface area contributed by atoms with Gasteiger partial charge in [-0.3, -0.25) is 4.79 Å². The summed E-state index contributed by atoms with van der Waals surface area (Å²) in [6.07, 6.45) is 0.201. The van der Waals surface area contributed by atoms with Crippen molar-refractivity contribution in [3.05, 3.63) is 65.2 Å². The van der Waals surface area contributed by atoms with Crippen LogP contribution in [0.3, 0.4) is 0 Å². The van der Waals surface area contributed by atoms with Gasteiger partial charge in [-0.15, -0.1) is 0 Å². The second-order valence-corrected chi connectivity index (χ2v) is 7.22. The van der Waals surface area contributed by atoms with Gasteiger partial charge in [-0.2, -0.15) is 4.72 Å². The van der Waals surface area contributed by atoms with Crippen molar-refractivity contribution in [2.24, 2.45) is 0 Å². The number of sulfonamides is 1. The van der Waals surface area contributed by atoms with E-state index in [9.17, 15) is 13.2 Å². The van der Waals surface area contributed by atoms with Crippen molar-refractivity contribution in [3.63, 3.8) is 0 Å². The lowest BCUT2D eigenvalue weighted by Gasteiger charge is -2.17. The van der Waals surface area contributed by atoms with Gasteiger partial charge in [-0.25, -0.2) is 8.42 Å². The predicted octanol–water partition coefficient (Wildman–Crippen LogP) is 2.79. The molecule has 0 fully saturated rings. The number of hydrogen-bond acceptors (Lipinski definition) is 4. The fourth-order valence-corrected chi connectivity index (χ4v) is 3.45. The van der Waals surface area contributed by atoms with Gasteiger partial charge >= 0.3 is 5.97 Å². The van der Waals surface area contributed by atoms with Crippen LogP contribution in [0.5, 0.6) is 0 Å². The van der Waals surface area contributed by atoms with Crippen LogP contribution in [0, 0.1) is 0 Å². The largest absolute Gasteiger partial charge is 0.465 e. The number of nitrogens with one attached hydrogen (secondary N) is 1. The number of carbonyl (C=O) groups is 1. The molecule has 0 heterocycles. The zero-order chi connectivity index (χ0) is 17.6. The number of ether oxygens (including phenoxy) is 1. The van der Waals surface area contributed by atoms with E-state index < -0.39 is 22.0 Å². The van der Waals surface area contributed by atoms with Crippen LogP contribution in [-0.2, 0) is 26.0 Å². The van der Waals surface area contributed by atoms with Gasteiger partial charge in [-0.05, 0) is 43.2 Å². The smallest absolute Gasteiger partial charge is 0.324 e. The Bertz CT molecular complexity index is 776. The highest BCUT2D eigenvalue weighted by atomic mass is 35.5. The van der Waals surface area contributed by atoms with Crippen molar-refractivity contribution in [1.29, 1.82) is 0 Å². The van der Waals surface area contributed by atoms with Crippen molar-refractivity contribution in [2.75, 3.05) is 6.61 Å². The fourth-order valence-electron chi connectivity index (χ4n) is 2.13. The molecule has 1 N–H and O–H groups in total. The summed E-state index contributed by atoms with van der Waals surface area (Å²) in [5.41, 5.74) is 0.828. The summed E-state index contributed by atoms with van der Waals surface area (Å²) < 4.78 is 32.4. The van der Waals surface area contributed by atoms with Crippen molar-refractivity contribution in [1.82, 2.24) is 4.72 Å². The first-order chi connectivity index (χ1) is 11.4. The third kappa shape index (κ3) is 5.06. The maximum absolute atomic E-state index is 12.5. The highest BCUT2D eigenvalue weighted by Crippen LogP contribution is 2.15. The lowest BCUT2D eigenvalue weighted by Crippen LogP contribution is -2.43. The van der Waals surface area contributed by atoms with E-state index in [2.05, 4.69) is 4.72 Å². The molecule has 0 radical (unpaired) electrons. The molecular formula is C17H18ClNO4S. The second-order valence-electron chi connectivity index (χ2n) is 5.07. The molecule has 0 saturated heterocycles. The number of rotatable bonds is 7. The summed E-state index contributed by atoms with van der Waals surface area (Å²) in [7, 11) is -3.87. The molecule has 1 unspecified atom stereocenters. The summed E-state index contributed by atoms with van der Waals surface area (Å²) in [6, 6.07) is 13.9. The Morgan fingerprint density at radius 2 is 1.75 bits per heavy atom. The maximum Gasteiger partial charge on any atom is 0.324 e. The predicted molar refractivity (Wildman–Crippen MR) is 92.3 cm³/mol. The van der Waals surface area contributed by atoms with Gasteiger partial charge in [0.1, 0.15) is 6.04 Å². The summed E-state index contributed by atoms with van der Waals surface area (Å²) in [6.45, 7) is 1.85. The van der Waals surface area contributed by atoms with Crippen LogP contribution in [-0.4, -0.2) is 27.0 Å². The summed E-state index contributed by atoms with van der Waals surface area (Å²) in [5.74, 6) is -0.612. The Balaban J connectivity index is 2.23. The van der Waals surface area contributed by atoms with E-state index in [1.807, 2.05) is 30.3 Å². The van der Waals surface area contributed by atoms with E-state index in [0.29, 0.717) is 5.02 Å². The topological polar surface area (TPSA) is 72.5 Å². The lowest BCUT2D eigenvalue weighted by molar-refractivity contribution is -0.145. The normalized spacial score (nSPS) is 12.6.